The lowest BCUT2D eigenvalue weighted by Gasteiger charge is -2.18. The number of hydrogen-bond acceptors (Lipinski definition) is 6. The Bertz CT molecular complexity index is 1140. The van der Waals surface area contributed by atoms with Gasteiger partial charge in [0.05, 0.1) is 0 Å². The van der Waals surface area contributed by atoms with Gasteiger partial charge in [0.25, 0.3) is 0 Å². The predicted molar refractivity (Wildman–Crippen MR) is 316 cm³/mol. The molecule has 0 amide bonds. The van der Waals surface area contributed by atoms with Crippen LogP contribution in [0.15, 0.2) is 0 Å². The van der Waals surface area contributed by atoms with Crippen LogP contribution in [0.4, 0.5) is 0 Å². The van der Waals surface area contributed by atoms with Crippen LogP contribution in [-0.2, 0) is 28.6 Å². The Balaban J connectivity index is 4.20. The Kier molecular flexibility index (Phi) is 56.8. The van der Waals surface area contributed by atoms with Gasteiger partial charge in [-0.2, -0.15) is 0 Å². The number of unbranched alkanes of at least 4 members (excludes halogenated alkanes) is 41. The van der Waals surface area contributed by atoms with Crippen molar-refractivity contribution in [2.45, 2.75) is 382 Å². The highest BCUT2D eigenvalue weighted by atomic mass is 16.6. The van der Waals surface area contributed by atoms with E-state index < -0.39 is 6.10 Å². The Morgan fingerprint density at radius 1 is 0.274 bits per heavy atom. The van der Waals surface area contributed by atoms with E-state index in [0.29, 0.717) is 19.3 Å². The van der Waals surface area contributed by atoms with E-state index in [9.17, 15) is 14.4 Å². The highest BCUT2D eigenvalue weighted by Gasteiger charge is 2.20. The fourth-order valence-electron chi connectivity index (χ4n) is 10.3. The van der Waals surface area contributed by atoms with Crippen LogP contribution in [0.5, 0.6) is 0 Å². The molecular formula is C67H130O6. The summed E-state index contributed by atoms with van der Waals surface area (Å²) in [5.74, 6) is 1.78. The van der Waals surface area contributed by atoms with E-state index in [4.69, 9.17) is 14.2 Å². The van der Waals surface area contributed by atoms with Gasteiger partial charge in [0.2, 0.25) is 0 Å². The first-order valence-corrected chi connectivity index (χ1v) is 33.2. The Morgan fingerprint density at radius 2 is 0.479 bits per heavy atom. The van der Waals surface area contributed by atoms with E-state index in [1.165, 1.54) is 257 Å². The van der Waals surface area contributed by atoms with Crippen molar-refractivity contribution in [3.8, 4) is 0 Å². The highest BCUT2D eigenvalue weighted by molar-refractivity contribution is 5.71. The zero-order chi connectivity index (χ0) is 53.3. The third-order valence-electron chi connectivity index (χ3n) is 16.1. The van der Waals surface area contributed by atoms with E-state index >= 15 is 0 Å². The number of hydrogen-bond donors (Lipinski definition) is 0. The summed E-state index contributed by atoms with van der Waals surface area (Å²) >= 11 is 0. The number of carbonyl (C=O) groups excluding carboxylic acids is 3. The minimum absolute atomic E-state index is 0.0630. The summed E-state index contributed by atoms with van der Waals surface area (Å²) in [6.45, 7) is 13.9. The van der Waals surface area contributed by atoms with Crippen molar-refractivity contribution in [1.29, 1.82) is 0 Å². The molecule has 0 saturated carbocycles. The van der Waals surface area contributed by atoms with Crippen molar-refractivity contribution in [2.75, 3.05) is 13.2 Å². The summed E-state index contributed by atoms with van der Waals surface area (Å²) in [7, 11) is 0. The SMILES string of the molecule is CCC(C)CCCCCCCCCCCCCCCCCCCCC(=O)OC[C@H](COC(=O)CCCCCCCCCCCCCCCCCCCCC(C)C)OC(=O)CCCCCCCCCCC(C)CC. The van der Waals surface area contributed by atoms with Crippen molar-refractivity contribution < 1.29 is 28.6 Å². The molecule has 0 aliphatic carbocycles. The van der Waals surface area contributed by atoms with Gasteiger partial charge >= 0.3 is 17.9 Å². The molecule has 0 radical (unpaired) electrons. The second-order valence-corrected chi connectivity index (χ2v) is 24.1. The molecule has 2 unspecified atom stereocenters. The summed E-state index contributed by atoms with van der Waals surface area (Å²) in [6, 6.07) is 0. The molecule has 0 bridgehead atoms. The van der Waals surface area contributed by atoms with Crippen LogP contribution in [0.2, 0.25) is 0 Å². The van der Waals surface area contributed by atoms with Crippen molar-refractivity contribution in [1.82, 2.24) is 0 Å². The molecule has 73 heavy (non-hydrogen) atoms. The molecule has 0 fully saturated rings. The molecule has 0 spiro atoms. The van der Waals surface area contributed by atoms with Gasteiger partial charge < -0.3 is 14.2 Å². The quantitative estimate of drug-likeness (QED) is 0.0343. The van der Waals surface area contributed by atoms with Crippen LogP contribution in [0.3, 0.4) is 0 Å². The van der Waals surface area contributed by atoms with Gasteiger partial charge in [-0.05, 0) is 37.0 Å². The van der Waals surface area contributed by atoms with Crippen LogP contribution in [0.1, 0.15) is 375 Å². The molecular weight excluding hydrogens is 901 g/mol. The summed E-state index contributed by atoms with van der Waals surface area (Å²) in [5, 5.41) is 0. The second kappa shape index (κ2) is 58.1. The first-order valence-electron chi connectivity index (χ1n) is 33.2. The third kappa shape index (κ3) is 57.9. The molecule has 0 heterocycles. The van der Waals surface area contributed by atoms with Gasteiger partial charge in [-0.1, -0.05) is 337 Å². The Labute approximate surface area is 457 Å². The van der Waals surface area contributed by atoms with Gasteiger partial charge in [-0.3, -0.25) is 14.4 Å². The van der Waals surface area contributed by atoms with E-state index in [1.54, 1.807) is 0 Å². The number of carbonyl (C=O) groups is 3. The highest BCUT2D eigenvalue weighted by Crippen LogP contribution is 2.20. The fraction of sp³-hybridized carbons (Fsp3) is 0.955. The molecule has 0 aliphatic heterocycles. The van der Waals surface area contributed by atoms with E-state index in [1.807, 2.05) is 0 Å². The maximum Gasteiger partial charge on any atom is 0.306 e. The van der Waals surface area contributed by atoms with Crippen molar-refractivity contribution in [3.63, 3.8) is 0 Å². The monoisotopic (exact) mass is 1030 g/mol. The van der Waals surface area contributed by atoms with Gasteiger partial charge in [0.1, 0.15) is 13.2 Å². The van der Waals surface area contributed by atoms with Gasteiger partial charge in [0, 0.05) is 19.3 Å². The van der Waals surface area contributed by atoms with Gasteiger partial charge in [0.15, 0.2) is 6.10 Å². The van der Waals surface area contributed by atoms with E-state index in [0.717, 1.165) is 75.5 Å². The first-order chi connectivity index (χ1) is 35.7. The minimum atomic E-state index is -0.765. The smallest absolute Gasteiger partial charge is 0.306 e. The summed E-state index contributed by atoms with van der Waals surface area (Å²) < 4.78 is 17.0. The molecule has 0 aliphatic rings. The predicted octanol–water partition coefficient (Wildman–Crippen LogP) is 22.2. The minimum Gasteiger partial charge on any atom is -0.462 e. The van der Waals surface area contributed by atoms with Gasteiger partial charge in [-0.25, -0.2) is 0 Å². The molecule has 6 heteroatoms. The van der Waals surface area contributed by atoms with E-state index in [2.05, 4.69) is 41.5 Å². The molecule has 0 rings (SSSR count). The van der Waals surface area contributed by atoms with Crippen LogP contribution in [0, 0.1) is 17.8 Å². The molecule has 434 valence electrons. The van der Waals surface area contributed by atoms with Crippen molar-refractivity contribution >= 4 is 17.9 Å². The first kappa shape index (κ1) is 71.4. The molecule has 0 aromatic rings. The number of rotatable bonds is 60. The molecule has 6 nitrogen and oxygen atoms in total. The largest absolute Gasteiger partial charge is 0.462 e. The summed E-state index contributed by atoms with van der Waals surface area (Å²) in [5.41, 5.74) is 0. The maximum atomic E-state index is 12.9. The fourth-order valence-corrected chi connectivity index (χ4v) is 10.3. The average molecular weight is 1030 g/mol. The van der Waals surface area contributed by atoms with Crippen molar-refractivity contribution in [2.24, 2.45) is 17.8 Å². The lowest BCUT2D eigenvalue weighted by molar-refractivity contribution is -0.167. The van der Waals surface area contributed by atoms with E-state index in [-0.39, 0.29) is 31.1 Å². The summed E-state index contributed by atoms with van der Waals surface area (Å²) in [4.78, 5) is 38.3. The second-order valence-electron chi connectivity index (χ2n) is 24.1. The molecule has 0 N–H and O–H groups in total. The number of ether oxygens (including phenoxy) is 3. The summed E-state index contributed by atoms with van der Waals surface area (Å²) in [6.07, 6.45) is 63.9. The third-order valence-corrected chi connectivity index (χ3v) is 16.1. The molecule has 0 aromatic carbocycles. The van der Waals surface area contributed by atoms with Crippen molar-refractivity contribution in [3.05, 3.63) is 0 Å². The molecule has 3 atom stereocenters. The zero-order valence-corrected chi connectivity index (χ0v) is 50.4. The Morgan fingerprint density at radius 3 is 0.712 bits per heavy atom. The average Bonchev–Trinajstić information content (AvgIpc) is 3.38. The van der Waals surface area contributed by atoms with Crippen LogP contribution < -0.4 is 0 Å². The molecule has 0 saturated heterocycles. The zero-order valence-electron chi connectivity index (χ0n) is 50.4. The number of esters is 3. The molecule has 0 aromatic heterocycles. The normalized spacial score (nSPS) is 12.9. The lowest BCUT2D eigenvalue weighted by Crippen LogP contribution is -2.30. The van der Waals surface area contributed by atoms with Crippen LogP contribution in [-0.4, -0.2) is 37.2 Å². The standard InChI is InChI=1S/C67H130O6/c1-7-62(5)54-48-42-36-30-26-22-18-14-10-12-16-20-24-28-32-39-45-51-57-66(69)72-60-64(73-67(70)58-52-46-40-34-33-37-43-49-55-63(6)8-2)59-71-65(68)56-50-44-38-31-27-23-19-15-11-9-13-17-21-25-29-35-41-47-53-61(3)4/h61-64H,7-60H2,1-6H3/t62?,63?,64-/m0/s1. The van der Waals surface area contributed by atoms with Crippen LogP contribution >= 0.6 is 0 Å². The maximum absolute atomic E-state index is 12.9. The lowest BCUT2D eigenvalue weighted by atomic mass is 9.99. The topological polar surface area (TPSA) is 78.9 Å². The van der Waals surface area contributed by atoms with Gasteiger partial charge in [-0.15, -0.1) is 0 Å². The Hall–Kier alpha value is -1.59. The van der Waals surface area contributed by atoms with Crippen LogP contribution in [0.25, 0.3) is 0 Å².